The van der Waals surface area contributed by atoms with E-state index in [1.54, 1.807) is 0 Å². The molecule has 0 N–H and O–H groups in total. The Balaban J connectivity index is 2.03. The van der Waals surface area contributed by atoms with E-state index in [4.69, 9.17) is 0 Å². The van der Waals surface area contributed by atoms with Gasteiger partial charge in [-0.25, -0.2) is 15.0 Å². The van der Waals surface area contributed by atoms with Gasteiger partial charge >= 0.3 is 0 Å². The predicted molar refractivity (Wildman–Crippen MR) is 85.4 cm³/mol. The highest BCUT2D eigenvalue weighted by Crippen LogP contribution is 2.27. The first-order valence-corrected chi connectivity index (χ1v) is 7.23. The van der Waals surface area contributed by atoms with Crippen molar-refractivity contribution in [1.82, 2.24) is 10.0 Å². The lowest BCUT2D eigenvalue weighted by atomic mass is 10.1. The number of para-hydroxylation sites is 1. The van der Waals surface area contributed by atoms with E-state index in [1.165, 1.54) is 10.0 Å². The minimum atomic E-state index is -0.331. The van der Waals surface area contributed by atoms with Gasteiger partial charge in [0, 0.05) is 5.56 Å². The number of fused-ring (bicyclic) bond motifs is 1. The van der Waals surface area contributed by atoms with Crippen LogP contribution >= 0.6 is 0 Å². The number of hydrogen-bond donors (Lipinski definition) is 0. The van der Waals surface area contributed by atoms with Gasteiger partial charge in [0.1, 0.15) is 0 Å². The number of benzene rings is 1. The van der Waals surface area contributed by atoms with E-state index in [2.05, 4.69) is 4.99 Å². The zero-order chi connectivity index (χ0) is 15.7. The lowest BCUT2D eigenvalue weighted by Crippen LogP contribution is -2.43. The quantitative estimate of drug-likeness (QED) is 0.786. The molecule has 2 aliphatic rings. The summed E-state index contributed by atoms with van der Waals surface area (Å²) in [4.78, 5) is 29.2. The largest absolute Gasteiger partial charge is 0.297 e. The maximum absolute atomic E-state index is 12.4. The zero-order valence-electron chi connectivity index (χ0n) is 12.6. The number of hydrogen-bond acceptors (Lipinski definition) is 3. The van der Waals surface area contributed by atoms with Crippen LogP contribution in [0.2, 0.25) is 0 Å². The molecule has 22 heavy (non-hydrogen) atoms. The Bertz CT molecular complexity index is 703. The number of carbonyl (C=O) groups is 2. The number of rotatable bonds is 2. The summed E-state index contributed by atoms with van der Waals surface area (Å²) in [6.45, 7) is 4.76. The molecule has 1 fully saturated rings. The Morgan fingerprint density at radius 2 is 1.68 bits per heavy atom. The van der Waals surface area contributed by atoms with E-state index in [9.17, 15) is 9.59 Å². The summed E-state index contributed by atoms with van der Waals surface area (Å²) in [5, 5.41) is 2.87. The van der Waals surface area contributed by atoms with Crippen LogP contribution in [-0.4, -0.2) is 40.6 Å². The molecular formula is C17H17N3O2. The Labute approximate surface area is 129 Å². The number of carbonyl (C=O) groups excluding carboxylic acids is 2. The fourth-order valence-corrected chi connectivity index (χ4v) is 2.54. The van der Waals surface area contributed by atoms with Crippen molar-refractivity contribution in [1.29, 1.82) is 0 Å². The third-order valence-corrected chi connectivity index (χ3v) is 3.88. The van der Waals surface area contributed by atoms with Crippen molar-refractivity contribution in [3.05, 3.63) is 48.1 Å². The minimum absolute atomic E-state index is 0.0138. The van der Waals surface area contributed by atoms with E-state index >= 15 is 0 Å². The van der Waals surface area contributed by atoms with Crippen LogP contribution < -0.4 is 0 Å². The van der Waals surface area contributed by atoms with Crippen molar-refractivity contribution in [2.45, 2.75) is 13.8 Å². The SMILES string of the molecule is CC=C(C)c1ccccc1N=C1C(=O)N2CC=CCN2C1=O. The van der Waals surface area contributed by atoms with Gasteiger partial charge < -0.3 is 0 Å². The summed E-state index contributed by atoms with van der Waals surface area (Å²) in [5.74, 6) is -0.662. The molecule has 0 aliphatic carbocycles. The second kappa shape index (κ2) is 5.60. The molecule has 0 atom stereocenters. The minimum Gasteiger partial charge on any atom is -0.265 e. The summed E-state index contributed by atoms with van der Waals surface area (Å²) in [6, 6.07) is 7.53. The summed E-state index contributed by atoms with van der Waals surface area (Å²) in [7, 11) is 0. The molecular weight excluding hydrogens is 278 g/mol. The van der Waals surface area contributed by atoms with E-state index in [0.717, 1.165) is 11.1 Å². The van der Waals surface area contributed by atoms with Gasteiger partial charge in [-0.05, 0) is 25.5 Å². The molecule has 112 valence electrons. The van der Waals surface area contributed by atoms with E-state index in [-0.39, 0.29) is 17.5 Å². The van der Waals surface area contributed by atoms with E-state index < -0.39 is 0 Å². The molecule has 1 saturated heterocycles. The highest BCUT2D eigenvalue weighted by Gasteiger charge is 2.42. The molecule has 2 aliphatic heterocycles. The van der Waals surface area contributed by atoms with Gasteiger partial charge in [0.05, 0.1) is 18.8 Å². The highest BCUT2D eigenvalue weighted by atomic mass is 16.2. The maximum atomic E-state index is 12.4. The Morgan fingerprint density at radius 3 is 2.27 bits per heavy atom. The highest BCUT2D eigenvalue weighted by molar-refractivity contribution is 6.67. The summed E-state index contributed by atoms with van der Waals surface area (Å²) >= 11 is 0. The summed E-state index contributed by atoms with van der Waals surface area (Å²) in [5.41, 5.74) is 2.61. The van der Waals surface area contributed by atoms with Gasteiger partial charge in [0.15, 0.2) is 5.71 Å². The third-order valence-electron chi connectivity index (χ3n) is 3.88. The fourth-order valence-electron chi connectivity index (χ4n) is 2.54. The summed E-state index contributed by atoms with van der Waals surface area (Å²) in [6.07, 6.45) is 5.74. The first kappa shape index (κ1) is 14.3. The second-order valence-corrected chi connectivity index (χ2v) is 5.20. The van der Waals surface area contributed by atoms with Crippen LogP contribution in [0.4, 0.5) is 5.69 Å². The molecule has 1 aromatic carbocycles. The molecule has 2 amide bonds. The lowest BCUT2D eigenvalue weighted by Gasteiger charge is -2.27. The van der Waals surface area contributed by atoms with Gasteiger partial charge in [-0.3, -0.25) is 9.59 Å². The second-order valence-electron chi connectivity index (χ2n) is 5.20. The first-order chi connectivity index (χ1) is 10.6. The van der Waals surface area contributed by atoms with Gasteiger partial charge in [-0.1, -0.05) is 36.4 Å². The molecule has 0 saturated carbocycles. The standard InChI is InChI=1S/C17H17N3O2/c1-3-12(2)13-8-4-5-9-14(13)18-15-16(21)19-10-6-7-11-20(19)17(15)22/h3-9H,10-11H2,1-2H3. The molecule has 0 bridgehead atoms. The fraction of sp³-hybridized carbons (Fsp3) is 0.235. The number of aliphatic imine (C=N–C) groups is 1. The van der Waals surface area contributed by atoms with E-state index in [1.807, 2.05) is 56.3 Å². The molecule has 0 radical (unpaired) electrons. The van der Waals surface area contributed by atoms with Crippen LogP contribution in [0.15, 0.2) is 47.5 Å². The van der Waals surface area contributed by atoms with Crippen LogP contribution in [0.25, 0.3) is 5.57 Å². The summed E-state index contributed by atoms with van der Waals surface area (Å²) < 4.78 is 0. The van der Waals surface area contributed by atoms with Crippen molar-refractivity contribution in [3.63, 3.8) is 0 Å². The molecule has 0 aromatic heterocycles. The van der Waals surface area contributed by atoms with Crippen LogP contribution in [0.1, 0.15) is 19.4 Å². The number of nitrogens with zero attached hydrogens (tertiary/aromatic N) is 3. The Morgan fingerprint density at radius 1 is 1.09 bits per heavy atom. The van der Waals surface area contributed by atoms with Crippen molar-refractivity contribution in [2.24, 2.45) is 4.99 Å². The average molecular weight is 295 g/mol. The van der Waals surface area contributed by atoms with Crippen LogP contribution in [0.5, 0.6) is 0 Å². The topological polar surface area (TPSA) is 53.0 Å². The smallest absolute Gasteiger partial charge is 0.265 e. The Hall–Kier alpha value is -2.69. The average Bonchev–Trinajstić information content (AvgIpc) is 2.80. The maximum Gasteiger partial charge on any atom is 0.297 e. The molecule has 0 unspecified atom stereocenters. The number of hydrazine groups is 1. The third kappa shape index (κ3) is 2.24. The molecule has 2 heterocycles. The molecule has 5 heteroatoms. The van der Waals surface area contributed by atoms with Gasteiger partial charge in [-0.15, -0.1) is 0 Å². The van der Waals surface area contributed by atoms with E-state index in [0.29, 0.717) is 18.8 Å². The van der Waals surface area contributed by atoms with Crippen molar-refractivity contribution in [2.75, 3.05) is 13.1 Å². The zero-order valence-corrected chi connectivity index (χ0v) is 12.6. The van der Waals surface area contributed by atoms with Gasteiger partial charge in [-0.2, -0.15) is 0 Å². The van der Waals surface area contributed by atoms with Crippen molar-refractivity contribution >= 4 is 28.8 Å². The van der Waals surface area contributed by atoms with Gasteiger partial charge in [0.2, 0.25) is 0 Å². The molecule has 0 spiro atoms. The van der Waals surface area contributed by atoms with Crippen LogP contribution in [-0.2, 0) is 9.59 Å². The van der Waals surface area contributed by atoms with Crippen molar-refractivity contribution in [3.8, 4) is 0 Å². The van der Waals surface area contributed by atoms with Crippen molar-refractivity contribution < 1.29 is 9.59 Å². The van der Waals surface area contributed by atoms with Gasteiger partial charge in [0.25, 0.3) is 11.8 Å². The number of amides is 2. The normalized spacial score (nSPS) is 18.1. The molecule has 3 rings (SSSR count). The first-order valence-electron chi connectivity index (χ1n) is 7.23. The van der Waals surface area contributed by atoms with Crippen LogP contribution in [0, 0.1) is 0 Å². The molecule has 5 nitrogen and oxygen atoms in total. The molecule has 1 aromatic rings. The Kier molecular flexibility index (Phi) is 3.63. The number of allylic oxidation sites excluding steroid dienone is 2. The van der Waals surface area contributed by atoms with Crippen LogP contribution in [0.3, 0.4) is 0 Å². The lowest BCUT2D eigenvalue weighted by molar-refractivity contribution is -0.145. The predicted octanol–water partition coefficient (Wildman–Crippen LogP) is 2.34. The monoisotopic (exact) mass is 295 g/mol.